The summed E-state index contributed by atoms with van der Waals surface area (Å²) in [5.74, 6) is 1.38. The minimum absolute atomic E-state index is 0.634. The van der Waals surface area contributed by atoms with Gasteiger partial charge in [0.25, 0.3) is 0 Å². The maximum Gasteiger partial charge on any atom is 0.243 e. The number of rotatable bonds is 3. The number of nitrogens with zero attached hydrogens (tertiary/aromatic N) is 3. The molecule has 0 aliphatic heterocycles. The van der Waals surface area contributed by atoms with E-state index in [0.29, 0.717) is 11.2 Å². The van der Waals surface area contributed by atoms with Crippen molar-refractivity contribution >= 4 is 32.2 Å². The summed E-state index contributed by atoms with van der Waals surface area (Å²) in [6.07, 6.45) is 3.74. The first-order chi connectivity index (χ1) is 8.79. The van der Waals surface area contributed by atoms with Crippen LogP contribution in [-0.4, -0.2) is 14.4 Å². The fourth-order valence-corrected chi connectivity index (χ4v) is 2.93. The summed E-state index contributed by atoms with van der Waals surface area (Å²) in [6, 6.07) is 3.75. The molecule has 18 heavy (non-hydrogen) atoms. The van der Waals surface area contributed by atoms with Crippen molar-refractivity contribution < 1.29 is 4.74 Å². The first-order valence-corrected chi connectivity index (χ1v) is 7.39. The number of imidazole rings is 1. The van der Waals surface area contributed by atoms with Gasteiger partial charge in [0.15, 0.2) is 10.7 Å². The molecule has 0 atom stereocenters. The van der Waals surface area contributed by atoms with E-state index in [2.05, 4.69) is 25.9 Å². The van der Waals surface area contributed by atoms with Crippen molar-refractivity contribution in [3.05, 3.63) is 41.3 Å². The van der Waals surface area contributed by atoms with Crippen LogP contribution in [0.5, 0.6) is 11.6 Å². The molecule has 3 rings (SSSR count). The van der Waals surface area contributed by atoms with Crippen molar-refractivity contribution in [2.75, 3.05) is 0 Å². The van der Waals surface area contributed by atoms with Crippen LogP contribution in [0.15, 0.2) is 29.9 Å². The van der Waals surface area contributed by atoms with Crippen molar-refractivity contribution in [3.63, 3.8) is 0 Å². The lowest BCUT2D eigenvalue weighted by molar-refractivity contribution is 0.455. The molecule has 0 saturated heterocycles. The van der Waals surface area contributed by atoms with Gasteiger partial charge in [-0.15, -0.1) is 11.3 Å². The number of pyridine rings is 1. The molecule has 3 aromatic heterocycles. The molecule has 0 saturated carbocycles. The standard InChI is InChI=1S/C12H10BrN3OS/c1-8-10(3-2-4-14-8)17-11-9(7-13)16-5-6-18-12(16)15-11/h2-6H,7H2,1H3. The van der Waals surface area contributed by atoms with Crippen molar-refractivity contribution in [1.82, 2.24) is 14.4 Å². The molecule has 0 radical (unpaired) electrons. The summed E-state index contributed by atoms with van der Waals surface area (Å²) in [6.45, 7) is 1.92. The van der Waals surface area contributed by atoms with Crippen molar-refractivity contribution in [2.24, 2.45) is 0 Å². The Kier molecular flexibility index (Phi) is 3.05. The summed E-state index contributed by atoms with van der Waals surface area (Å²) in [5, 5.41) is 2.70. The number of aryl methyl sites for hydroxylation is 1. The average Bonchev–Trinajstić information content (AvgIpc) is 2.92. The van der Waals surface area contributed by atoms with Gasteiger partial charge in [0.2, 0.25) is 5.88 Å². The highest BCUT2D eigenvalue weighted by Gasteiger charge is 2.14. The minimum Gasteiger partial charge on any atom is -0.435 e. The van der Waals surface area contributed by atoms with Crippen molar-refractivity contribution in [2.45, 2.75) is 12.3 Å². The predicted molar refractivity (Wildman–Crippen MR) is 74.7 cm³/mol. The van der Waals surface area contributed by atoms with Gasteiger partial charge in [-0.05, 0) is 19.1 Å². The van der Waals surface area contributed by atoms with E-state index in [-0.39, 0.29) is 0 Å². The Balaban J connectivity index is 2.04. The van der Waals surface area contributed by atoms with Gasteiger partial charge in [0, 0.05) is 23.1 Å². The Morgan fingerprint density at radius 3 is 3.17 bits per heavy atom. The van der Waals surface area contributed by atoms with Gasteiger partial charge in [-0.2, -0.15) is 4.98 Å². The van der Waals surface area contributed by atoms with E-state index in [1.165, 1.54) is 0 Å². The van der Waals surface area contributed by atoms with Gasteiger partial charge >= 0.3 is 0 Å². The van der Waals surface area contributed by atoms with Crippen LogP contribution in [-0.2, 0) is 5.33 Å². The van der Waals surface area contributed by atoms with E-state index in [1.54, 1.807) is 17.5 Å². The number of thiazole rings is 1. The van der Waals surface area contributed by atoms with Crippen LogP contribution >= 0.6 is 27.3 Å². The number of fused-ring (bicyclic) bond motifs is 1. The first-order valence-electron chi connectivity index (χ1n) is 5.39. The smallest absolute Gasteiger partial charge is 0.243 e. The summed E-state index contributed by atoms with van der Waals surface area (Å²) >= 11 is 5.06. The van der Waals surface area contributed by atoms with Crippen molar-refractivity contribution in [3.8, 4) is 11.6 Å². The maximum absolute atomic E-state index is 5.86. The van der Waals surface area contributed by atoms with Gasteiger partial charge in [0.1, 0.15) is 0 Å². The Hall–Kier alpha value is -1.40. The van der Waals surface area contributed by atoms with Gasteiger partial charge in [-0.25, -0.2) is 0 Å². The summed E-state index contributed by atoms with van der Waals surface area (Å²) in [5.41, 5.74) is 1.86. The lowest BCUT2D eigenvalue weighted by Crippen LogP contribution is -1.93. The maximum atomic E-state index is 5.86. The molecule has 3 aromatic rings. The molecule has 0 spiro atoms. The van der Waals surface area contributed by atoms with Crippen LogP contribution < -0.4 is 4.74 Å². The zero-order valence-electron chi connectivity index (χ0n) is 9.63. The average molecular weight is 324 g/mol. The number of aromatic nitrogens is 3. The quantitative estimate of drug-likeness (QED) is 0.688. The topological polar surface area (TPSA) is 39.4 Å². The van der Waals surface area contributed by atoms with E-state index >= 15 is 0 Å². The first kappa shape index (κ1) is 11.7. The van der Waals surface area contributed by atoms with E-state index in [9.17, 15) is 0 Å². The zero-order chi connectivity index (χ0) is 12.5. The monoisotopic (exact) mass is 323 g/mol. The molecular formula is C12H10BrN3OS. The molecular weight excluding hydrogens is 314 g/mol. The van der Waals surface area contributed by atoms with Crippen LogP contribution in [0, 0.1) is 6.92 Å². The molecule has 0 N–H and O–H groups in total. The predicted octanol–water partition coefficient (Wildman–Crippen LogP) is 3.79. The lowest BCUT2D eigenvalue weighted by Gasteiger charge is -2.06. The van der Waals surface area contributed by atoms with Crippen LogP contribution in [0.1, 0.15) is 11.4 Å². The molecule has 0 aliphatic rings. The third-order valence-corrected chi connectivity index (χ3v) is 3.90. The molecule has 0 aliphatic carbocycles. The number of hydrogen-bond donors (Lipinski definition) is 0. The fraction of sp³-hybridized carbons (Fsp3) is 0.167. The van der Waals surface area contributed by atoms with Gasteiger partial charge in [0.05, 0.1) is 11.4 Å². The Labute approximate surface area is 116 Å². The largest absolute Gasteiger partial charge is 0.435 e. The molecule has 6 heteroatoms. The highest BCUT2D eigenvalue weighted by molar-refractivity contribution is 9.08. The number of hydrogen-bond acceptors (Lipinski definition) is 4. The summed E-state index contributed by atoms with van der Waals surface area (Å²) in [4.78, 5) is 9.62. The second-order valence-corrected chi connectivity index (χ2v) is 5.18. The summed E-state index contributed by atoms with van der Waals surface area (Å²) < 4.78 is 7.88. The SMILES string of the molecule is Cc1ncccc1Oc1nc2sccn2c1CBr. The molecule has 0 unspecified atom stereocenters. The minimum atomic E-state index is 0.634. The Morgan fingerprint density at radius 2 is 2.39 bits per heavy atom. The second kappa shape index (κ2) is 4.70. The van der Waals surface area contributed by atoms with Gasteiger partial charge in [-0.3, -0.25) is 9.38 Å². The second-order valence-electron chi connectivity index (χ2n) is 3.74. The Bertz CT molecular complexity index is 692. The number of ether oxygens (including phenoxy) is 1. The number of alkyl halides is 1. The Morgan fingerprint density at radius 1 is 1.50 bits per heavy atom. The highest BCUT2D eigenvalue weighted by atomic mass is 79.9. The third kappa shape index (κ3) is 1.91. The normalized spacial score (nSPS) is 11.0. The molecule has 0 fully saturated rings. The van der Waals surface area contributed by atoms with Crippen LogP contribution in [0.3, 0.4) is 0 Å². The van der Waals surface area contributed by atoms with Gasteiger partial charge < -0.3 is 4.74 Å². The van der Waals surface area contributed by atoms with Crippen LogP contribution in [0.25, 0.3) is 4.96 Å². The molecule has 3 heterocycles. The molecule has 0 aromatic carbocycles. The van der Waals surface area contributed by atoms with Gasteiger partial charge in [-0.1, -0.05) is 15.9 Å². The van der Waals surface area contributed by atoms with E-state index in [1.807, 2.05) is 35.0 Å². The molecule has 92 valence electrons. The summed E-state index contributed by atoms with van der Waals surface area (Å²) in [7, 11) is 0. The molecule has 0 bridgehead atoms. The fourth-order valence-electron chi connectivity index (χ4n) is 1.70. The molecule has 0 amide bonds. The van der Waals surface area contributed by atoms with E-state index < -0.39 is 0 Å². The van der Waals surface area contributed by atoms with E-state index in [0.717, 1.165) is 22.1 Å². The highest BCUT2D eigenvalue weighted by Crippen LogP contribution is 2.30. The third-order valence-electron chi connectivity index (χ3n) is 2.62. The van der Waals surface area contributed by atoms with Crippen molar-refractivity contribution in [1.29, 1.82) is 0 Å². The molecule has 4 nitrogen and oxygen atoms in total. The van der Waals surface area contributed by atoms with Crippen LogP contribution in [0.2, 0.25) is 0 Å². The number of halogens is 1. The van der Waals surface area contributed by atoms with E-state index in [4.69, 9.17) is 4.74 Å². The van der Waals surface area contributed by atoms with Crippen LogP contribution in [0.4, 0.5) is 0 Å². The zero-order valence-corrected chi connectivity index (χ0v) is 12.0. The lowest BCUT2D eigenvalue weighted by atomic mass is 10.3.